The number of anilines is 1. The van der Waals surface area contributed by atoms with Gasteiger partial charge in [-0.3, -0.25) is 4.79 Å². The van der Waals surface area contributed by atoms with Crippen LogP contribution in [-0.2, 0) is 4.74 Å². The van der Waals surface area contributed by atoms with Gasteiger partial charge in [-0.1, -0.05) is 6.92 Å². The van der Waals surface area contributed by atoms with Crippen LogP contribution >= 0.6 is 0 Å². The van der Waals surface area contributed by atoms with Crippen LogP contribution in [0, 0.1) is 5.82 Å². The smallest absolute Gasteiger partial charge is 0.253 e. The maximum absolute atomic E-state index is 13.9. The largest absolute Gasteiger partial charge is 0.378 e. The number of nitrogens with one attached hydrogen (secondary N) is 1. The van der Waals surface area contributed by atoms with Crippen molar-refractivity contribution in [2.75, 3.05) is 37.7 Å². The molecule has 0 saturated carbocycles. The van der Waals surface area contributed by atoms with Gasteiger partial charge in [-0.15, -0.1) is 0 Å². The molecule has 6 nitrogen and oxygen atoms in total. The minimum absolute atomic E-state index is 0.105. The molecule has 0 radical (unpaired) electrons. The van der Waals surface area contributed by atoms with Gasteiger partial charge < -0.3 is 19.5 Å². The summed E-state index contributed by atoms with van der Waals surface area (Å²) in [5.41, 5.74) is 1.63. The number of hydrogen-bond donors (Lipinski definition) is 1. The average Bonchev–Trinajstić information content (AvgIpc) is 2.87. The number of hydrogen-bond acceptors (Lipinski definition) is 4. The second-order valence-corrected chi connectivity index (χ2v) is 5.97. The number of benzene rings is 1. The molecule has 1 saturated heterocycles. The fourth-order valence-corrected chi connectivity index (χ4v) is 3.41. The Labute approximate surface area is 133 Å². The molecule has 0 unspecified atom stereocenters. The zero-order valence-electron chi connectivity index (χ0n) is 13.0. The minimum Gasteiger partial charge on any atom is -0.378 e. The topological polar surface area (TPSA) is 59.4 Å². The van der Waals surface area contributed by atoms with Gasteiger partial charge in [-0.25, -0.2) is 9.37 Å². The number of carbonyl (C=O) groups excluding carboxylic acids is 1. The van der Waals surface area contributed by atoms with E-state index in [0.29, 0.717) is 30.8 Å². The zero-order valence-corrected chi connectivity index (χ0v) is 13.0. The monoisotopic (exact) mass is 318 g/mol. The maximum Gasteiger partial charge on any atom is 0.253 e. The molecule has 122 valence electrons. The lowest BCUT2D eigenvalue weighted by Gasteiger charge is -2.30. The third-order valence-electron chi connectivity index (χ3n) is 4.60. The van der Waals surface area contributed by atoms with E-state index < -0.39 is 5.82 Å². The molecule has 2 aliphatic rings. The second-order valence-electron chi connectivity index (χ2n) is 5.97. The predicted molar refractivity (Wildman–Crippen MR) is 84.4 cm³/mol. The van der Waals surface area contributed by atoms with Gasteiger partial charge in [0.2, 0.25) is 5.95 Å². The van der Waals surface area contributed by atoms with Crippen molar-refractivity contribution in [3.8, 4) is 0 Å². The summed E-state index contributed by atoms with van der Waals surface area (Å²) in [4.78, 5) is 19.2. The Balaban J connectivity index is 1.98. The molecule has 3 heterocycles. The lowest BCUT2D eigenvalue weighted by atomic mass is 10.1. The van der Waals surface area contributed by atoms with Crippen molar-refractivity contribution in [3.05, 3.63) is 23.5 Å². The van der Waals surface area contributed by atoms with Crippen LogP contribution in [0.5, 0.6) is 0 Å². The van der Waals surface area contributed by atoms with E-state index in [2.05, 4.69) is 26.7 Å². The summed E-state index contributed by atoms with van der Waals surface area (Å²) in [6.07, 6.45) is 0.861. The number of halogens is 1. The van der Waals surface area contributed by atoms with E-state index in [1.807, 2.05) is 0 Å². The van der Waals surface area contributed by atoms with Crippen molar-refractivity contribution in [1.82, 2.24) is 14.9 Å². The quantitative estimate of drug-likeness (QED) is 0.916. The highest BCUT2D eigenvalue weighted by molar-refractivity contribution is 6.06. The van der Waals surface area contributed by atoms with E-state index >= 15 is 0 Å². The molecule has 1 aromatic heterocycles. The molecule has 4 rings (SSSR count). The molecule has 1 N–H and O–H groups in total. The summed E-state index contributed by atoms with van der Waals surface area (Å²) >= 11 is 0. The van der Waals surface area contributed by atoms with Crippen molar-refractivity contribution in [1.29, 1.82) is 0 Å². The molecule has 0 bridgehead atoms. The van der Waals surface area contributed by atoms with Gasteiger partial charge in [-0.2, -0.15) is 0 Å². The van der Waals surface area contributed by atoms with Gasteiger partial charge in [0, 0.05) is 25.7 Å². The highest BCUT2D eigenvalue weighted by Crippen LogP contribution is 2.33. The Hall–Kier alpha value is -2.15. The van der Waals surface area contributed by atoms with Gasteiger partial charge in [0.15, 0.2) is 0 Å². The third-order valence-corrected chi connectivity index (χ3v) is 4.60. The minimum atomic E-state index is -0.434. The molecule has 2 aliphatic heterocycles. The summed E-state index contributed by atoms with van der Waals surface area (Å²) in [7, 11) is 0. The fourth-order valence-electron chi connectivity index (χ4n) is 3.41. The van der Waals surface area contributed by atoms with Crippen LogP contribution in [-0.4, -0.2) is 48.3 Å². The van der Waals surface area contributed by atoms with E-state index in [-0.39, 0.29) is 11.9 Å². The van der Waals surface area contributed by atoms with Crippen molar-refractivity contribution >= 4 is 22.9 Å². The summed E-state index contributed by atoms with van der Waals surface area (Å²) in [6, 6.07) is 2.82. The zero-order chi connectivity index (χ0) is 16.0. The molecular formula is C16H19FN4O2. The number of ether oxygens (including phenoxy) is 1. The van der Waals surface area contributed by atoms with Gasteiger partial charge in [-0.05, 0) is 12.5 Å². The molecule has 1 atom stereocenters. The van der Waals surface area contributed by atoms with Crippen LogP contribution in [0.3, 0.4) is 0 Å². The van der Waals surface area contributed by atoms with E-state index in [1.54, 1.807) is 0 Å². The number of amides is 1. The van der Waals surface area contributed by atoms with Crippen LogP contribution in [0.4, 0.5) is 10.3 Å². The average molecular weight is 318 g/mol. The van der Waals surface area contributed by atoms with E-state index in [9.17, 15) is 9.18 Å². The van der Waals surface area contributed by atoms with Crippen molar-refractivity contribution < 1.29 is 13.9 Å². The Morgan fingerprint density at radius 1 is 1.39 bits per heavy atom. The van der Waals surface area contributed by atoms with Gasteiger partial charge >= 0.3 is 0 Å². The Morgan fingerprint density at radius 3 is 2.91 bits per heavy atom. The number of nitrogens with zero attached hydrogens (tertiary/aromatic N) is 3. The lowest BCUT2D eigenvalue weighted by molar-refractivity contribution is 0.0952. The van der Waals surface area contributed by atoms with Crippen molar-refractivity contribution in [2.45, 2.75) is 19.4 Å². The summed E-state index contributed by atoms with van der Waals surface area (Å²) in [5, 5.41) is 2.90. The summed E-state index contributed by atoms with van der Waals surface area (Å²) in [5.74, 6) is 0.134. The number of morpholine rings is 1. The number of imidazole rings is 1. The molecule has 0 aliphatic carbocycles. The first-order valence-corrected chi connectivity index (χ1v) is 8.01. The molecule has 1 fully saturated rings. The second kappa shape index (κ2) is 5.49. The molecular weight excluding hydrogens is 299 g/mol. The molecule has 23 heavy (non-hydrogen) atoms. The Morgan fingerprint density at radius 2 is 2.17 bits per heavy atom. The van der Waals surface area contributed by atoms with Gasteiger partial charge in [0.1, 0.15) is 5.82 Å². The van der Waals surface area contributed by atoms with Crippen molar-refractivity contribution in [2.24, 2.45) is 0 Å². The first-order chi connectivity index (χ1) is 11.2. The normalized spacial score (nSPS) is 21.4. The Kier molecular flexibility index (Phi) is 3.45. The first-order valence-electron chi connectivity index (χ1n) is 8.01. The van der Waals surface area contributed by atoms with Crippen LogP contribution in [0.1, 0.15) is 29.7 Å². The van der Waals surface area contributed by atoms with E-state index in [1.165, 1.54) is 12.1 Å². The van der Waals surface area contributed by atoms with Crippen LogP contribution in [0.2, 0.25) is 0 Å². The Bertz CT molecular complexity index is 767. The summed E-state index contributed by atoms with van der Waals surface area (Å²) < 4.78 is 21.4. The van der Waals surface area contributed by atoms with E-state index in [0.717, 1.165) is 31.0 Å². The lowest BCUT2D eigenvalue weighted by Crippen LogP contribution is -2.38. The summed E-state index contributed by atoms with van der Waals surface area (Å²) in [6.45, 7) is 5.41. The van der Waals surface area contributed by atoms with E-state index in [4.69, 9.17) is 4.74 Å². The number of rotatable bonds is 2. The van der Waals surface area contributed by atoms with Crippen molar-refractivity contribution in [3.63, 3.8) is 0 Å². The first kappa shape index (κ1) is 14.4. The molecule has 7 heteroatoms. The molecule has 2 aromatic rings. The highest BCUT2D eigenvalue weighted by Gasteiger charge is 2.29. The number of aromatic nitrogens is 2. The molecule has 1 amide bonds. The van der Waals surface area contributed by atoms with Crippen LogP contribution < -0.4 is 10.2 Å². The number of carbonyl (C=O) groups is 1. The van der Waals surface area contributed by atoms with Gasteiger partial charge in [0.05, 0.1) is 35.9 Å². The third kappa shape index (κ3) is 2.26. The standard InChI is InChI=1S/C16H19FN4O2/c1-2-11-9-18-15(22)12-7-10(17)8-13-14(12)21(11)16(19-13)20-3-5-23-6-4-20/h7-8,11H,2-6,9H2,1H3,(H,18,22)/t11-/m0/s1. The SMILES string of the molecule is CC[C@H]1CNC(=O)c2cc(F)cc3nc(N4CCOCC4)n1c23. The highest BCUT2D eigenvalue weighted by atomic mass is 19.1. The predicted octanol–water partition coefficient (Wildman–Crippen LogP) is 1.71. The fraction of sp³-hybridized carbons (Fsp3) is 0.500. The van der Waals surface area contributed by atoms with Crippen LogP contribution in [0.25, 0.3) is 11.0 Å². The van der Waals surface area contributed by atoms with Crippen LogP contribution in [0.15, 0.2) is 12.1 Å². The van der Waals surface area contributed by atoms with Gasteiger partial charge in [0.25, 0.3) is 5.91 Å². The molecule has 0 spiro atoms. The maximum atomic E-state index is 13.9. The molecule has 1 aromatic carbocycles.